The van der Waals surface area contributed by atoms with E-state index in [-0.39, 0.29) is 5.97 Å². The van der Waals surface area contributed by atoms with Gasteiger partial charge < -0.3 is 10.1 Å². The molecule has 1 aromatic carbocycles. The van der Waals surface area contributed by atoms with E-state index >= 15 is 0 Å². The second-order valence-electron chi connectivity index (χ2n) is 5.74. The van der Waals surface area contributed by atoms with Gasteiger partial charge in [0.05, 0.1) is 12.7 Å². The lowest BCUT2D eigenvalue weighted by molar-refractivity contribution is 0.0600. The van der Waals surface area contributed by atoms with Gasteiger partial charge in [-0.2, -0.15) is 0 Å². The van der Waals surface area contributed by atoms with Gasteiger partial charge in [-0.1, -0.05) is 19.4 Å². The average molecular weight is 275 g/mol. The Bertz CT molecular complexity index is 462. The Morgan fingerprint density at radius 1 is 1.30 bits per heavy atom. The normalized spacial score (nSPS) is 22.4. The number of rotatable bonds is 4. The fraction of sp³-hybridized carbons (Fsp3) is 0.588. The molecule has 0 unspecified atom stereocenters. The van der Waals surface area contributed by atoms with E-state index < -0.39 is 0 Å². The lowest BCUT2D eigenvalue weighted by atomic mass is 9.84. The van der Waals surface area contributed by atoms with Crippen molar-refractivity contribution in [3.05, 3.63) is 29.3 Å². The van der Waals surface area contributed by atoms with E-state index in [0.717, 1.165) is 17.2 Å². The van der Waals surface area contributed by atoms with Crippen LogP contribution < -0.4 is 5.32 Å². The van der Waals surface area contributed by atoms with Crippen molar-refractivity contribution in [1.29, 1.82) is 0 Å². The summed E-state index contributed by atoms with van der Waals surface area (Å²) >= 11 is 0. The van der Waals surface area contributed by atoms with Gasteiger partial charge in [-0.25, -0.2) is 4.79 Å². The van der Waals surface area contributed by atoms with Gasteiger partial charge in [0.1, 0.15) is 0 Å². The van der Waals surface area contributed by atoms with Gasteiger partial charge in [0.2, 0.25) is 0 Å². The van der Waals surface area contributed by atoms with Gasteiger partial charge in [0.15, 0.2) is 0 Å². The molecule has 1 N–H and O–H groups in total. The quantitative estimate of drug-likeness (QED) is 0.838. The maximum Gasteiger partial charge on any atom is 0.338 e. The number of carbonyl (C=O) groups is 1. The predicted octanol–water partition coefficient (Wildman–Crippen LogP) is 4.16. The van der Waals surface area contributed by atoms with Gasteiger partial charge >= 0.3 is 5.97 Å². The number of benzene rings is 1. The van der Waals surface area contributed by atoms with Crippen molar-refractivity contribution in [2.75, 3.05) is 12.4 Å². The lowest BCUT2D eigenvalue weighted by Crippen LogP contribution is -2.26. The molecule has 3 heteroatoms. The Hall–Kier alpha value is -1.51. The van der Waals surface area contributed by atoms with Gasteiger partial charge in [-0.05, 0) is 56.2 Å². The number of anilines is 1. The minimum atomic E-state index is -0.263. The summed E-state index contributed by atoms with van der Waals surface area (Å²) in [5, 5.41) is 3.61. The van der Waals surface area contributed by atoms with Crippen LogP contribution in [0, 0.1) is 12.8 Å². The summed E-state index contributed by atoms with van der Waals surface area (Å²) < 4.78 is 4.82. The molecule has 3 nitrogen and oxygen atoms in total. The zero-order valence-corrected chi connectivity index (χ0v) is 12.7. The molecule has 0 atom stereocenters. The van der Waals surface area contributed by atoms with Crippen LogP contribution in [0.5, 0.6) is 0 Å². The fourth-order valence-electron chi connectivity index (χ4n) is 3.06. The third-order valence-electron chi connectivity index (χ3n) is 4.52. The second-order valence-corrected chi connectivity index (χ2v) is 5.74. The lowest BCUT2D eigenvalue weighted by Gasteiger charge is -2.29. The number of esters is 1. The Morgan fingerprint density at radius 3 is 2.60 bits per heavy atom. The SMILES string of the molecule is CCC1CCC(Nc2cccc(C(=O)OC)c2C)CC1. The van der Waals surface area contributed by atoms with Crippen LogP contribution >= 0.6 is 0 Å². The molecule has 2 rings (SSSR count). The van der Waals surface area contributed by atoms with Crippen molar-refractivity contribution in [1.82, 2.24) is 0 Å². The first-order chi connectivity index (χ1) is 9.65. The van der Waals surface area contributed by atoms with E-state index in [1.165, 1.54) is 39.2 Å². The first kappa shape index (κ1) is 14.9. The molecule has 0 radical (unpaired) electrons. The number of carbonyl (C=O) groups excluding carboxylic acids is 1. The molecule has 1 aliphatic carbocycles. The van der Waals surface area contributed by atoms with Crippen LogP contribution in [0.4, 0.5) is 5.69 Å². The van der Waals surface area contributed by atoms with Gasteiger partial charge in [0, 0.05) is 11.7 Å². The van der Waals surface area contributed by atoms with Crippen molar-refractivity contribution in [3.8, 4) is 0 Å². The molecule has 0 bridgehead atoms. The van der Waals surface area contributed by atoms with Crippen molar-refractivity contribution in [2.45, 2.75) is 52.0 Å². The Labute approximate surface area is 121 Å². The molecule has 0 amide bonds. The van der Waals surface area contributed by atoms with Crippen LogP contribution in [0.3, 0.4) is 0 Å². The van der Waals surface area contributed by atoms with E-state index in [0.29, 0.717) is 11.6 Å². The molecule has 1 aliphatic rings. The van der Waals surface area contributed by atoms with E-state index in [9.17, 15) is 4.79 Å². The summed E-state index contributed by atoms with van der Waals surface area (Å²) in [5.74, 6) is 0.636. The van der Waals surface area contributed by atoms with E-state index in [1.54, 1.807) is 0 Å². The molecule has 0 saturated heterocycles. The van der Waals surface area contributed by atoms with Crippen LogP contribution in [-0.2, 0) is 4.74 Å². The highest BCUT2D eigenvalue weighted by molar-refractivity contribution is 5.92. The number of hydrogen-bond acceptors (Lipinski definition) is 3. The standard InChI is InChI=1S/C17H25NO2/c1-4-13-8-10-14(11-9-13)18-16-7-5-6-15(12(16)2)17(19)20-3/h5-7,13-14,18H,4,8-11H2,1-3H3. The molecule has 0 spiro atoms. The topological polar surface area (TPSA) is 38.3 Å². The average Bonchev–Trinajstić information content (AvgIpc) is 2.49. The summed E-state index contributed by atoms with van der Waals surface area (Å²) in [5.41, 5.74) is 2.70. The zero-order valence-electron chi connectivity index (χ0n) is 12.7. The molecule has 0 heterocycles. The largest absolute Gasteiger partial charge is 0.465 e. The van der Waals surface area contributed by atoms with Crippen LogP contribution in [0.1, 0.15) is 54.9 Å². The predicted molar refractivity (Wildman–Crippen MR) is 82.2 cm³/mol. The number of nitrogens with one attached hydrogen (secondary N) is 1. The van der Waals surface area contributed by atoms with Crippen LogP contribution in [0.2, 0.25) is 0 Å². The Balaban J connectivity index is 2.05. The van der Waals surface area contributed by atoms with Gasteiger partial charge in [-0.15, -0.1) is 0 Å². The van der Waals surface area contributed by atoms with Crippen molar-refractivity contribution in [2.24, 2.45) is 5.92 Å². The zero-order chi connectivity index (χ0) is 14.5. The molecule has 20 heavy (non-hydrogen) atoms. The van der Waals surface area contributed by atoms with Crippen LogP contribution in [-0.4, -0.2) is 19.1 Å². The van der Waals surface area contributed by atoms with E-state index in [1.807, 2.05) is 25.1 Å². The van der Waals surface area contributed by atoms with Crippen molar-refractivity contribution >= 4 is 11.7 Å². The summed E-state index contributed by atoms with van der Waals surface area (Å²) in [6.45, 7) is 4.26. The highest BCUT2D eigenvalue weighted by atomic mass is 16.5. The first-order valence-electron chi connectivity index (χ1n) is 7.60. The molecular weight excluding hydrogens is 250 g/mol. The first-order valence-corrected chi connectivity index (χ1v) is 7.60. The molecule has 0 aliphatic heterocycles. The van der Waals surface area contributed by atoms with Crippen molar-refractivity contribution in [3.63, 3.8) is 0 Å². The van der Waals surface area contributed by atoms with E-state index in [4.69, 9.17) is 4.74 Å². The number of hydrogen-bond donors (Lipinski definition) is 1. The minimum absolute atomic E-state index is 0.263. The summed E-state index contributed by atoms with van der Waals surface area (Å²) in [7, 11) is 1.42. The Kier molecular flexibility index (Phi) is 5.05. The van der Waals surface area contributed by atoms with Crippen molar-refractivity contribution < 1.29 is 9.53 Å². The van der Waals surface area contributed by atoms with E-state index in [2.05, 4.69) is 12.2 Å². The maximum atomic E-state index is 11.7. The monoisotopic (exact) mass is 275 g/mol. The number of methoxy groups -OCH3 is 1. The third kappa shape index (κ3) is 3.33. The minimum Gasteiger partial charge on any atom is -0.465 e. The Morgan fingerprint density at radius 2 is 2.00 bits per heavy atom. The van der Waals surface area contributed by atoms with Crippen LogP contribution in [0.25, 0.3) is 0 Å². The molecule has 110 valence electrons. The summed E-state index contributed by atoms with van der Waals surface area (Å²) in [4.78, 5) is 11.7. The van der Waals surface area contributed by atoms with Gasteiger partial charge in [-0.3, -0.25) is 0 Å². The smallest absolute Gasteiger partial charge is 0.338 e. The fourth-order valence-corrected chi connectivity index (χ4v) is 3.06. The van der Waals surface area contributed by atoms with Crippen LogP contribution in [0.15, 0.2) is 18.2 Å². The van der Waals surface area contributed by atoms with Gasteiger partial charge in [0.25, 0.3) is 0 Å². The highest BCUT2D eigenvalue weighted by Crippen LogP contribution is 2.29. The number of ether oxygens (including phenoxy) is 1. The summed E-state index contributed by atoms with van der Waals surface area (Å²) in [6, 6.07) is 6.32. The highest BCUT2D eigenvalue weighted by Gasteiger charge is 2.21. The molecule has 1 aromatic rings. The third-order valence-corrected chi connectivity index (χ3v) is 4.52. The maximum absolute atomic E-state index is 11.7. The molecule has 1 fully saturated rings. The molecular formula is C17H25NO2. The second kappa shape index (κ2) is 6.78. The molecule has 0 aromatic heterocycles. The molecule has 1 saturated carbocycles. The summed E-state index contributed by atoms with van der Waals surface area (Å²) in [6.07, 6.45) is 6.36.